The van der Waals surface area contributed by atoms with Gasteiger partial charge in [-0.3, -0.25) is 4.79 Å². The van der Waals surface area contributed by atoms with Crippen LogP contribution in [0.2, 0.25) is 0 Å². The number of aryl methyl sites for hydroxylation is 1. The highest BCUT2D eigenvalue weighted by molar-refractivity contribution is 7.89. The summed E-state index contributed by atoms with van der Waals surface area (Å²) in [4.78, 5) is 13.5. The van der Waals surface area contributed by atoms with Crippen LogP contribution in [-0.2, 0) is 21.4 Å². The zero-order valence-corrected chi connectivity index (χ0v) is 17.5. The minimum atomic E-state index is -3.72. The average Bonchev–Trinajstić information content (AvgIpc) is 2.61. The number of nitrogens with one attached hydrogen (secondary N) is 2. The number of carbonyl (C=O) groups is 1. The Hall–Kier alpha value is -2.42. The predicted molar refractivity (Wildman–Crippen MR) is 108 cm³/mol. The second-order valence-corrected chi connectivity index (χ2v) is 8.59. The first kappa shape index (κ1) is 21.9. The molecule has 8 heteroatoms. The molecule has 152 valence electrons. The normalized spacial score (nSPS) is 13.6. The number of hydrogen-bond acceptors (Lipinski definition) is 4. The van der Waals surface area contributed by atoms with Crippen LogP contribution in [0.15, 0.2) is 47.4 Å². The van der Waals surface area contributed by atoms with Gasteiger partial charge in [0.2, 0.25) is 10.0 Å². The third-order valence-corrected chi connectivity index (χ3v) is 5.41. The van der Waals surface area contributed by atoms with Gasteiger partial charge in [-0.15, -0.1) is 0 Å². The van der Waals surface area contributed by atoms with Gasteiger partial charge in [-0.05, 0) is 43.7 Å². The molecular formula is C20H28N3O4S+. The number of ether oxygens (including phenoxy) is 1. The van der Waals surface area contributed by atoms with E-state index in [-0.39, 0.29) is 16.8 Å². The molecule has 1 unspecified atom stereocenters. The molecule has 0 saturated carbocycles. The van der Waals surface area contributed by atoms with Crippen LogP contribution in [0, 0.1) is 6.92 Å². The highest BCUT2D eigenvalue weighted by Gasteiger charge is 2.16. The van der Waals surface area contributed by atoms with Crippen molar-refractivity contribution in [3.8, 4) is 5.75 Å². The van der Waals surface area contributed by atoms with Gasteiger partial charge in [-0.1, -0.05) is 23.8 Å². The highest BCUT2D eigenvalue weighted by atomic mass is 32.2. The summed E-state index contributed by atoms with van der Waals surface area (Å²) in [5.41, 5.74) is 3.00. The van der Waals surface area contributed by atoms with Crippen LogP contribution in [-0.4, -0.2) is 35.0 Å². The van der Waals surface area contributed by atoms with Crippen molar-refractivity contribution in [2.24, 2.45) is 5.14 Å². The Bertz CT molecular complexity index is 927. The third-order valence-electron chi connectivity index (χ3n) is 4.48. The van der Waals surface area contributed by atoms with Crippen molar-refractivity contribution in [2.45, 2.75) is 31.3 Å². The van der Waals surface area contributed by atoms with Crippen LogP contribution in [0.1, 0.15) is 29.7 Å². The molecule has 2 atom stereocenters. The van der Waals surface area contributed by atoms with Crippen molar-refractivity contribution in [3.63, 3.8) is 0 Å². The van der Waals surface area contributed by atoms with Gasteiger partial charge >= 0.3 is 0 Å². The molecule has 0 heterocycles. The summed E-state index contributed by atoms with van der Waals surface area (Å²) in [6.45, 7) is 4.84. The van der Waals surface area contributed by atoms with E-state index in [1.54, 1.807) is 19.2 Å². The molecule has 0 radical (unpaired) electrons. The van der Waals surface area contributed by atoms with Gasteiger partial charge in [-0.25, -0.2) is 13.6 Å². The highest BCUT2D eigenvalue weighted by Crippen LogP contribution is 2.18. The molecule has 2 aromatic carbocycles. The van der Waals surface area contributed by atoms with E-state index >= 15 is 0 Å². The summed E-state index contributed by atoms with van der Waals surface area (Å²) in [6.07, 6.45) is 0. The molecule has 0 bridgehead atoms. The van der Waals surface area contributed by atoms with Gasteiger partial charge in [0, 0.05) is 5.56 Å². The number of rotatable bonds is 8. The van der Waals surface area contributed by atoms with Gasteiger partial charge in [0.05, 0.1) is 25.1 Å². The van der Waals surface area contributed by atoms with E-state index in [9.17, 15) is 13.2 Å². The Morgan fingerprint density at radius 3 is 2.43 bits per heavy atom. The summed E-state index contributed by atoms with van der Waals surface area (Å²) >= 11 is 0. The number of likely N-dealkylation sites (N-methyl/N-ethyl adjacent to an activating group) is 1. The van der Waals surface area contributed by atoms with E-state index in [1.807, 2.05) is 33.0 Å². The molecule has 0 aromatic heterocycles. The fourth-order valence-electron chi connectivity index (χ4n) is 3.03. The zero-order valence-electron chi connectivity index (χ0n) is 16.7. The predicted octanol–water partition coefficient (Wildman–Crippen LogP) is 0.543. The minimum Gasteiger partial charge on any atom is -0.496 e. The number of hydrogen-bond donors (Lipinski definition) is 3. The number of methoxy groups -OCH3 is 1. The molecule has 0 fully saturated rings. The Balaban J connectivity index is 1.95. The summed E-state index contributed by atoms with van der Waals surface area (Å²) < 4.78 is 28.0. The van der Waals surface area contributed by atoms with Crippen molar-refractivity contribution < 1.29 is 22.8 Å². The Kier molecular flexibility index (Phi) is 7.17. The minimum absolute atomic E-state index is 0.0473. The Labute approximate surface area is 166 Å². The lowest BCUT2D eigenvalue weighted by Crippen LogP contribution is -3.08. The van der Waals surface area contributed by atoms with E-state index < -0.39 is 10.0 Å². The maximum absolute atomic E-state index is 12.4. The van der Waals surface area contributed by atoms with Crippen LogP contribution in [0.4, 0.5) is 0 Å². The van der Waals surface area contributed by atoms with Crippen molar-refractivity contribution in [1.82, 2.24) is 5.32 Å². The van der Waals surface area contributed by atoms with Crippen LogP contribution < -0.4 is 20.1 Å². The second-order valence-electron chi connectivity index (χ2n) is 7.03. The SMILES string of the molecule is COc1ccc(C)cc1C[NH+](C)CC(=O)N[C@@H](C)c1ccc(S(N)(=O)=O)cc1. The lowest BCUT2D eigenvalue weighted by Gasteiger charge is -2.18. The lowest BCUT2D eigenvalue weighted by atomic mass is 10.1. The second kappa shape index (κ2) is 9.18. The summed E-state index contributed by atoms with van der Waals surface area (Å²) in [6, 6.07) is 11.9. The molecule has 0 saturated heterocycles. The first-order valence-corrected chi connectivity index (χ1v) is 10.5. The van der Waals surface area contributed by atoms with Gasteiger partial charge in [-0.2, -0.15) is 0 Å². The Morgan fingerprint density at radius 1 is 1.21 bits per heavy atom. The largest absolute Gasteiger partial charge is 0.496 e. The molecule has 0 aliphatic heterocycles. The van der Waals surface area contributed by atoms with Gasteiger partial charge in [0.25, 0.3) is 5.91 Å². The van der Waals surface area contributed by atoms with E-state index in [2.05, 4.69) is 11.4 Å². The first-order valence-electron chi connectivity index (χ1n) is 8.97. The quantitative estimate of drug-likeness (QED) is 0.595. The number of amides is 1. The summed E-state index contributed by atoms with van der Waals surface area (Å²) in [5.74, 6) is 0.723. The first-order chi connectivity index (χ1) is 13.1. The van der Waals surface area contributed by atoms with Crippen LogP contribution in [0.5, 0.6) is 5.75 Å². The number of nitrogens with two attached hydrogens (primary N) is 1. The van der Waals surface area contributed by atoms with Gasteiger partial charge in [0.1, 0.15) is 12.3 Å². The van der Waals surface area contributed by atoms with E-state index in [4.69, 9.17) is 9.88 Å². The molecule has 7 nitrogen and oxygen atoms in total. The monoisotopic (exact) mass is 406 g/mol. The number of primary sulfonamides is 1. The molecular weight excluding hydrogens is 378 g/mol. The van der Waals surface area contributed by atoms with Gasteiger partial charge < -0.3 is 15.0 Å². The average molecular weight is 407 g/mol. The summed E-state index contributed by atoms with van der Waals surface area (Å²) in [5, 5.41) is 8.04. The molecule has 0 aliphatic carbocycles. The topological polar surface area (TPSA) is 103 Å². The van der Waals surface area contributed by atoms with Crippen molar-refractivity contribution in [2.75, 3.05) is 20.7 Å². The maximum atomic E-state index is 12.4. The van der Waals surface area contributed by atoms with Crippen molar-refractivity contribution >= 4 is 15.9 Å². The number of carbonyl (C=O) groups excluding carboxylic acids is 1. The van der Waals surface area contributed by atoms with Crippen LogP contribution >= 0.6 is 0 Å². The number of benzene rings is 2. The molecule has 1 amide bonds. The lowest BCUT2D eigenvalue weighted by molar-refractivity contribution is -0.885. The van der Waals surface area contributed by atoms with E-state index in [1.165, 1.54) is 12.1 Å². The third kappa shape index (κ3) is 6.05. The molecule has 0 spiro atoms. The van der Waals surface area contributed by atoms with Gasteiger partial charge in [0.15, 0.2) is 6.54 Å². The molecule has 4 N–H and O–H groups in total. The molecule has 28 heavy (non-hydrogen) atoms. The van der Waals surface area contributed by atoms with E-state index in [0.29, 0.717) is 13.1 Å². The molecule has 2 aromatic rings. The van der Waals surface area contributed by atoms with E-state index in [0.717, 1.165) is 27.3 Å². The standard InChI is InChI=1S/C20H27N3O4S/c1-14-5-10-19(27-4)17(11-14)12-23(3)13-20(24)22-15(2)16-6-8-18(9-7-16)28(21,25)26/h5-11,15H,12-13H2,1-4H3,(H,22,24)(H2,21,25,26)/p+1/t15-/m0/s1. The van der Waals surface area contributed by atoms with Crippen LogP contribution in [0.3, 0.4) is 0 Å². The van der Waals surface area contributed by atoms with Crippen LogP contribution in [0.25, 0.3) is 0 Å². The maximum Gasteiger partial charge on any atom is 0.275 e. The van der Waals surface area contributed by atoms with Crippen molar-refractivity contribution in [1.29, 1.82) is 0 Å². The molecule has 0 aliphatic rings. The molecule has 2 rings (SSSR count). The number of sulfonamides is 1. The fraction of sp³-hybridized carbons (Fsp3) is 0.350. The fourth-order valence-corrected chi connectivity index (χ4v) is 3.54. The van der Waals surface area contributed by atoms with Crippen molar-refractivity contribution in [3.05, 3.63) is 59.2 Å². The zero-order chi connectivity index (χ0) is 20.9. The smallest absolute Gasteiger partial charge is 0.275 e. The number of quaternary nitrogens is 1. The Morgan fingerprint density at radius 2 is 1.86 bits per heavy atom. The summed E-state index contributed by atoms with van der Waals surface area (Å²) in [7, 11) is -0.135.